The fraction of sp³-hybridized carbons (Fsp3) is 0.765. The molecule has 3 rings (SSSR count). The lowest BCUT2D eigenvalue weighted by Gasteiger charge is -2.22. The van der Waals surface area contributed by atoms with Crippen molar-refractivity contribution in [3.8, 4) is 0 Å². The number of carbonyl (C=O) groups excluding carboxylic acids is 1. The second-order valence-corrected chi connectivity index (χ2v) is 6.64. The second-order valence-electron chi connectivity index (χ2n) is 6.64. The van der Waals surface area contributed by atoms with E-state index in [0.29, 0.717) is 12.5 Å². The van der Waals surface area contributed by atoms with Crippen LogP contribution in [0.15, 0.2) is 12.4 Å². The third-order valence-corrected chi connectivity index (χ3v) is 4.95. The average molecular weight is 305 g/mol. The van der Waals surface area contributed by atoms with Crippen LogP contribution in [0.3, 0.4) is 0 Å². The lowest BCUT2D eigenvalue weighted by Crippen LogP contribution is -2.19. The van der Waals surface area contributed by atoms with Crippen molar-refractivity contribution in [1.82, 2.24) is 9.78 Å². The molecule has 1 N–H and O–H groups in total. The predicted octanol–water partition coefficient (Wildman–Crippen LogP) is 3.53. The molecule has 1 saturated carbocycles. The quantitative estimate of drug-likeness (QED) is 0.905. The Morgan fingerprint density at radius 2 is 2.00 bits per heavy atom. The van der Waals surface area contributed by atoms with Crippen molar-refractivity contribution in [1.29, 1.82) is 0 Å². The summed E-state index contributed by atoms with van der Waals surface area (Å²) in [6, 6.07) is 0.404. The van der Waals surface area contributed by atoms with Gasteiger partial charge in [0.2, 0.25) is 5.91 Å². The Morgan fingerprint density at radius 1 is 1.23 bits per heavy atom. The molecule has 0 radical (unpaired) electrons. The van der Waals surface area contributed by atoms with Crippen LogP contribution in [0, 0.1) is 5.92 Å². The Bertz CT molecular complexity index is 474. The smallest absolute Gasteiger partial charge is 0.224 e. The van der Waals surface area contributed by atoms with Crippen molar-refractivity contribution in [2.45, 2.75) is 63.8 Å². The van der Waals surface area contributed by atoms with Gasteiger partial charge in [-0.25, -0.2) is 0 Å². The van der Waals surface area contributed by atoms with Gasteiger partial charge in [0.05, 0.1) is 17.9 Å². The topological polar surface area (TPSA) is 56.2 Å². The van der Waals surface area contributed by atoms with E-state index in [-0.39, 0.29) is 5.91 Å². The van der Waals surface area contributed by atoms with Gasteiger partial charge in [-0.1, -0.05) is 32.1 Å². The molecule has 0 bridgehead atoms. The fourth-order valence-electron chi connectivity index (χ4n) is 3.59. The molecule has 2 aliphatic rings. The van der Waals surface area contributed by atoms with Gasteiger partial charge in [0, 0.05) is 25.8 Å². The summed E-state index contributed by atoms with van der Waals surface area (Å²) >= 11 is 0. The van der Waals surface area contributed by atoms with E-state index in [1.54, 1.807) is 6.20 Å². The van der Waals surface area contributed by atoms with Gasteiger partial charge in [0.1, 0.15) is 0 Å². The monoisotopic (exact) mass is 305 g/mol. The molecule has 1 aliphatic carbocycles. The van der Waals surface area contributed by atoms with Gasteiger partial charge in [-0.05, 0) is 25.2 Å². The van der Waals surface area contributed by atoms with Gasteiger partial charge in [-0.2, -0.15) is 5.10 Å². The van der Waals surface area contributed by atoms with Crippen LogP contribution in [-0.2, 0) is 9.53 Å². The first-order valence-corrected chi connectivity index (χ1v) is 8.73. The summed E-state index contributed by atoms with van der Waals surface area (Å²) in [5, 5.41) is 7.38. The van der Waals surface area contributed by atoms with Gasteiger partial charge in [0.15, 0.2) is 0 Å². The van der Waals surface area contributed by atoms with Crippen LogP contribution in [-0.4, -0.2) is 28.9 Å². The van der Waals surface area contributed by atoms with Crippen molar-refractivity contribution in [2.75, 3.05) is 18.5 Å². The molecule has 2 fully saturated rings. The van der Waals surface area contributed by atoms with Crippen molar-refractivity contribution in [2.24, 2.45) is 5.92 Å². The molecule has 1 aromatic heterocycles. The number of hydrogen-bond acceptors (Lipinski definition) is 3. The summed E-state index contributed by atoms with van der Waals surface area (Å²) in [5.41, 5.74) is 0.820. The van der Waals surface area contributed by atoms with Crippen molar-refractivity contribution in [3.05, 3.63) is 12.4 Å². The molecule has 1 amide bonds. The minimum atomic E-state index is 0.122. The van der Waals surface area contributed by atoms with E-state index < -0.39 is 0 Å². The van der Waals surface area contributed by atoms with E-state index in [1.807, 2.05) is 10.9 Å². The van der Waals surface area contributed by atoms with Gasteiger partial charge in [0.25, 0.3) is 0 Å². The summed E-state index contributed by atoms with van der Waals surface area (Å²) in [4.78, 5) is 12.1. The highest BCUT2D eigenvalue weighted by atomic mass is 16.5. The number of rotatable bonds is 5. The lowest BCUT2D eigenvalue weighted by molar-refractivity contribution is -0.116. The first kappa shape index (κ1) is 15.5. The summed E-state index contributed by atoms with van der Waals surface area (Å²) in [5.74, 6) is 0.876. The molecule has 5 heteroatoms. The summed E-state index contributed by atoms with van der Waals surface area (Å²) in [6.07, 6.45) is 14.0. The zero-order chi connectivity index (χ0) is 15.2. The molecule has 5 nitrogen and oxygen atoms in total. The zero-order valence-corrected chi connectivity index (χ0v) is 13.3. The summed E-state index contributed by atoms with van der Waals surface area (Å²) in [6.45, 7) is 1.60. The number of hydrogen-bond donors (Lipinski definition) is 1. The first-order chi connectivity index (χ1) is 10.8. The molecule has 1 saturated heterocycles. The Labute approximate surface area is 132 Å². The standard InChI is InChI=1S/C17H27N3O2/c21-17(7-6-14-4-2-1-3-5-14)19-15-12-18-20(13-15)16-8-10-22-11-9-16/h12-14,16H,1-11H2,(H,19,21). The number of anilines is 1. The molecule has 0 spiro atoms. The number of aromatic nitrogens is 2. The van der Waals surface area contributed by atoms with Crippen LogP contribution < -0.4 is 5.32 Å². The molecule has 1 aliphatic heterocycles. The highest BCUT2D eigenvalue weighted by molar-refractivity contribution is 5.90. The second kappa shape index (κ2) is 7.77. The Morgan fingerprint density at radius 3 is 2.77 bits per heavy atom. The molecular weight excluding hydrogens is 278 g/mol. The zero-order valence-electron chi connectivity index (χ0n) is 13.3. The molecular formula is C17H27N3O2. The third-order valence-electron chi connectivity index (χ3n) is 4.95. The van der Waals surface area contributed by atoms with Gasteiger partial charge in [-0.15, -0.1) is 0 Å². The maximum atomic E-state index is 12.1. The number of nitrogens with one attached hydrogen (secondary N) is 1. The highest BCUT2D eigenvalue weighted by Crippen LogP contribution is 2.27. The van der Waals surface area contributed by atoms with Crippen LogP contribution in [0.5, 0.6) is 0 Å². The number of amides is 1. The number of ether oxygens (including phenoxy) is 1. The first-order valence-electron chi connectivity index (χ1n) is 8.73. The van der Waals surface area contributed by atoms with E-state index in [2.05, 4.69) is 10.4 Å². The van der Waals surface area contributed by atoms with Crippen molar-refractivity contribution >= 4 is 11.6 Å². The molecule has 2 heterocycles. The van der Waals surface area contributed by atoms with Crippen LogP contribution in [0.2, 0.25) is 0 Å². The SMILES string of the molecule is O=C(CCC1CCCCC1)Nc1cnn(C2CCOCC2)c1. The summed E-state index contributed by atoms with van der Waals surface area (Å²) < 4.78 is 7.34. The minimum Gasteiger partial charge on any atom is -0.381 e. The average Bonchev–Trinajstić information content (AvgIpc) is 3.03. The van der Waals surface area contributed by atoms with Crippen LogP contribution in [0.1, 0.15) is 63.8 Å². The molecule has 22 heavy (non-hydrogen) atoms. The Kier molecular flexibility index (Phi) is 5.48. The highest BCUT2D eigenvalue weighted by Gasteiger charge is 2.18. The van der Waals surface area contributed by atoms with Crippen LogP contribution >= 0.6 is 0 Å². The molecule has 1 aromatic rings. The third kappa shape index (κ3) is 4.32. The van der Waals surface area contributed by atoms with Gasteiger partial charge < -0.3 is 10.1 Å². The number of nitrogens with zero attached hydrogens (tertiary/aromatic N) is 2. The van der Waals surface area contributed by atoms with E-state index in [0.717, 1.165) is 44.1 Å². The fourth-order valence-corrected chi connectivity index (χ4v) is 3.59. The van der Waals surface area contributed by atoms with E-state index in [4.69, 9.17) is 4.74 Å². The molecule has 0 unspecified atom stereocenters. The maximum Gasteiger partial charge on any atom is 0.224 e. The predicted molar refractivity (Wildman–Crippen MR) is 85.8 cm³/mol. The van der Waals surface area contributed by atoms with E-state index in [1.165, 1.54) is 32.1 Å². The Balaban J connectivity index is 1.43. The number of carbonyl (C=O) groups is 1. The van der Waals surface area contributed by atoms with Gasteiger partial charge in [-0.3, -0.25) is 9.48 Å². The van der Waals surface area contributed by atoms with Crippen molar-refractivity contribution in [3.63, 3.8) is 0 Å². The van der Waals surface area contributed by atoms with Crippen LogP contribution in [0.4, 0.5) is 5.69 Å². The van der Waals surface area contributed by atoms with E-state index in [9.17, 15) is 4.79 Å². The van der Waals surface area contributed by atoms with Crippen LogP contribution in [0.25, 0.3) is 0 Å². The van der Waals surface area contributed by atoms with E-state index >= 15 is 0 Å². The van der Waals surface area contributed by atoms with Gasteiger partial charge >= 0.3 is 0 Å². The summed E-state index contributed by atoms with van der Waals surface area (Å²) in [7, 11) is 0. The van der Waals surface area contributed by atoms with Crippen molar-refractivity contribution < 1.29 is 9.53 Å². The molecule has 0 aromatic carbocycles. The maximum absolute atomic E-state index is 12.1. The minimum absolute atomic E-state index is 0.122. The normalized spacial score (nSPS) is 20.9. The lowest BCUT2D eigenvalue weighted by atomic mass is 9.86. The molecule has 122 valence electrons. The molecule has 0 atom stereocenters. The largest absolute Gasteiger partial charge is 0.381 e. The Hall–Kier alpha value is -1.36.